The largest absolute Gasteiger partial charge is 0.462 e. The van der Waals surface area contributed by atoms with Crippen LogP contribution in [0.5, 0.6) is 0 Å². The van der Waals surface area contributed by atoms with Gasteiger partial charge in [0.2, 0.25) is 0 Å². The van der Waals surface area contributed by atoms with Crippen molar-refractivity contribution in [2.24, 2.45) is 11.8 Å². The van der Waals surface area contributed by atoms with Crippen molar-refractivity contribution in [3.8, 4) is 0 Å². The van der Waals surface area contributed by atoms with Crippen LogP contribution in [0.1, 0.15) is 298 Å². The van der Waals surface area contributed by atoms with Gasteiger partial charge in [-0.05, 0) is 31.1 Å². The van der Waals surface area contributed by atoms with E-state index in [1.54, 1.807) is 0 Å². The van der Waals surface area contributed by atoms with Crippen molar-refractivity contribution in [3.63, 3.8) is 0 Å². The van der Waals surface area contributed by atoms with E-state index >= 15 is 0 Å². The SMILES string of the molecule is CCCCCCCCCCCCC(=O)OC[C@@H](COC(=O)CCCCCCCCCCCCCC(C)C)OC(=O)CCCCCCCCCCCCCCCCCC(C)C. The predicted octanol–water partition coefficient (Wildman–Crippen LogP) is 17.3. The second-order valence-corrected chi connectivity index (χ2v) is 19.5. The number of carbonyl (C=O) groups excluding carboxylic acids is 3. The van der Waals surface area contributed by atoms with E-state index in [1.165, 1.54) is 186 Å². The summed E-state index contributed by atoms with van der Waals surface area (Å²) in [6.07, 6.45) is 48.0. The second-order valence-electron chi connectivity index (χ2n) is 19.5. The number of carbonyl (C=O) groups is 3. The Morgan fingerprint density at radius 2 is 0.550 bits per heavy atom. The molecule has 0 aliphatic heterocycles. The Kier molecular flexibility index (Phi) is 45.7. The molecule has 0 N–H and O–H groups in total. The molecule has 0 bridgehead atoms. The summed E-state index contributed by atoms with van der Waals surface area (Å²) in [5, 5.41) is 0. The monoisotopic (exact) mass is 849 g/mol. The van der Waals surface area contributed by atoms with Crippen LogP contribution in [0.2, 0.25) is 0 Å². The standard InChI is InChI=1S/C54H104O6/c1-6-7-8-9-10-11-24-29-34-39-44-52(55)58-47-51(48-59-53(56)45-40-35-30-25-21-17-19-23-28-33-38-43-50(4)5)60-54(57)46-41-36-31-26-20-16-14-12-13-15-18-22-27-32-37-42-49(2)3/h49-51H,6-48H2,1-5H3/t51-/m0/s1. The van der Waals surface area contributed by atoms with Crippen LogP contribution in [-0.2, 0) is 28.6 Å². The zero-order valence-corrected chi connectivity index (χ0v) is 41.1. The van der Waals surface area contributed by atoms with Crippen molar-refractivity contribution >= 4 is 17.9 Å². The fraction of sp³-hybridized carbons (Fsp3) is 0.944. The highest BCUT2D eigenvalue weighted by Gasteiger charge is 2.19. The Morgan fingerprint density at radius 3 is 0.817 bits per heavy atom. The predicted molar refractivity (Wildman–Crippen MR) is 256 cm³/mol. The van der Waals surface area contributed by atoms with E-state index in [0.717, 1.165) is 69.6 Å². The van der Waals surface area contributed by atoms with Gasteiger partial charge < -0.3 is 14.2 Å². The van der Waals surface area contributed by atoms with Crippen molar-refractivity contribution in [3.05, 3.63) is 0 Å². The van der Waals surface area contributed by atoms with Gasteiger partial charge in [-0.25, -0.2) is 0 Å². The third-order valence-electron chi connectivity index (χ3n) is 12.2. The first-order valence-electron chi connectivity index (χ1n) is 26.7. The lowest BCUT2D eigenvalue weighted by Gasteiger charge is -2.18. The number of unbranched alkanes of at least 4 members (excludes halogenated alkanes) is 33. The van der Waals surface area contributed by atoms with Crippen molar-refractivity contribution in [2.75, 3.05) is 13.2 Å². The van der Waals surface area contributed by atoms with Crippen molar-refractivity contribution in [1.82, 2.24) is 0 Å². The third kappa shape index (κ3) is 47.5. The second kappa shape index (κ2) is 46.9. The molecule has 356 valence electrons. The van der Waals surface area contributed by atoms with Gasteiger partial charge in [-0.2, -0.15) is 0 Å². The highest BCUT2D eigenvalue weighted by Crippen LogP contribution is 2.18. The molecular weight excluding hydrogens is 745 g/mol. The molecule has 0 aromatic rings. The van der Waals surface area contributed by atoms with E-state index in [4.69, 9.17) is 14.2 Å². The number of hydrogen-bond donors (Lipinski definition) is 0. The molecule has 0 aromatic heterocycles. The summed E-state index contributed by atoms with van der Waals surface area (Å²) in [5.74, 6) is 0.828. The van der Waals surface area contributed by atoms with E-state index in [0.29, 0.717) is 19.3 Å². The molecule has 0 unspecified atom stereocenters. The zero-order valence-electron chi connectivity index (χ0n) is 41.1. The summed E-state index contributed by atoms with van der Waals surface area (Å²) in [4.78, 5) is 37.9. The fourth-order valence-corrected chi connectivity index (χ4v) is 8.17. The Bertz CT molecular complexity index is 916. The van der Waals surface area contributed by atoms with Gasteiger partial charge in [-0.3, -0.25) is 14.4 Å². The maximum atomic E-state index is 12.8. The number of ether oxygens (including phenoxy) is 3. The number of rotatable bonds is 48. The molecule has 0 fully saturated rings. The number of hydrogen-bond acceptors (Lipinski definition) is 6. The number of esters is 3. The maximum Gasteiger partial charge on any atom is 0.306 e. The van der Waals surface area contributed by atoms with Gasteiger partial charge in [0.15, 0.2) is 6.10 Å². The highest BCUT2D eigenvalue weighted by molar-refractivity contribution is 5.71. The summed E-state index contributed by atoms with van der Waals surface area (Å²) in [6, 6.07) is 0. The lowest BCUT2D eigenvalue weighted by atomic mass is 10.0. The van der Waals surface area contributed by atoms with Crippen LogP contribution < -0.4 is 0 Å². The highest BCUT2D eigenvalue weighted by atomic mass is 16.6. The molecule has 0 rings (SSSR count). The molecule has 0 spiro atoms. The normalized spacial score (nSPS) is 12.1. The van der Waals surface area contributed by atoms with E-state index in [1.807, 2.05) is 0 Å². The Labute approximate surface area is 374 Å². The molecule has 0 saturated heterocycles. The smallest absolute Gasteiger partial charge is 0.306 e. The summed E-state index contributed by atoms with van der Waals surface area (Å²) in [6.45, 7) is 11.4. The Hall–Kier alpha value is -1.59. The van der Waals surface area contributed by atoms with Crippen molar-refractivity contribution < 1.29 is 28.6 Å². The van der Waals surface area contributed by atoms with E-state index in [-0.39, 0.29) is 31.1 Å². The molecule has 0 saturated carbocycles. The molecule has 6 nitrogen and oxygen atoms in total. The van der Waals surface area contributed by atoms with Crippen LogP contribution in [-0.4, -0.2) is 37.2 Å². The molecule has 1 atom stereocenters. The van der Waals surface area contributed by atoms with Crippen molar-refractivity contribution in [1.29, 1.82) is 0 Å². The minimum Gasteiger partial charge on any atom is -0.462 e. The minimum absolute atomic E-state index is 0.0635. The lowest BCUT2D eigenvalue weighted by Crippen LogP contribution is -2.30. The van der Waals surface area contributed by atoms with Crippen LogP contribution in [0, 0.1) is 11.8 Å². The topological polar surface area (TPSA) is 78.9 Å². The summed E-state index contributed by atoms with van der Waals surface area (Å²) in [5.41, 5.74) is 0. The first kappa shape index (κ1) is 58.4. The minimum atomic E-state index is -0.761. The van der Waals surface area contributed by atoms with Gasteiger partial charge in [0, 0.05) is 19.3 Å². The van der Waals surface area contributed by atoms with Crippen LogP contribution in [0.25, 0.3) is 0 Å². The maximum absolute atomic E-state index is 12.8. The van der Waals surface area contributed by atoms with Crippen molar-refractivity contribution in [2.45, 2.75) is 304 Å². The molecule has 60 heavy (non-hydrogen) atoms. The van der Waals surface area contributed by atoms with Crippen LogP contribution in [0.3, 0.4) is 0 Å². The van der Waals surface area contributed by atoms with Gasteiger partial charge >= 0.3 is 17.9 Å². The van der Waals surface area contributed by atoms with Gasteiger partial charge in [-0.15, -0.1) is 0 Å². The molecule has 0 aliphatic rings. The quantitative estimate of drug-likeness (QED) is 0.0345. The van der Waals surface area contributed by atoms with Crippen LogP contribution in [0.15, 0.2) is 0 Å². The van der Waals surface area contributed by atoms with Gasteiger partial charge in [0.25, 0.3) is 0 Å². The Morgan fingerprint density at radius 1 is 0.317 bits per heavy atom. The van der Waals surface area contributed by atoms with Gasteiger partial charge in [-0.1, -0.05) is 259 Å². The third-order valence-corrected chi connectivity index (χ3v) is 12.2. The van der Waals surface area contributed by atoms with Gasteiger partial charge in [0.1, 0.15) is 13.2 Å². The average molecular weight is 849 g/mol. The van der Waals surface area contributed by atoms with Gasteiger partial charge in [0.05, 0.1) is 0 Å². The molecule has 0 aliphatic carbocycles. The Balaban J connectivity index is 4.27. The van der Waals surface area contributed by atoms with E-state index in [2.05, 4.69) is 34.6 Å². The van der Waals surface area contributed by atoms with E-state index in [9.17, 15) is 14.4 Å². The molecule has 0 amide bonds. The molecule has 6 heteroatoms. The molecule has 0 aromatic carbocycles. The van der Waals surface area contributed by atoms with Crippen LogP contribution >= 0.6 is 0 Å². The average Bonchev–Trinajstić information content (AvgIpc) is 3.22. The van der Waals surface area contributed by atoms with Crippen LogP contribution in [0.4, 0.5) is 0 Å². The molecular formula is C54H104O6. The first-order valence-corrected chi connectivity index (χ1v) is 26.7. The summed E-state index contributed by atoms with van der Waals surface area (Å²) in [7, 11) is 0. The molecule has 0 radical (unpaired) electrons. The fourth-order valence-electron chi connectivity index (χ4n) is 8.17. The first-order chi connectivity index (χ1) is 29.2. The zero-order chi connectivity index (χ0) is 44.0. The molecule has 0 heterocycles. The lowest BCUT2D eigenvalue weighted by molar-refractivity contribution is -0.167. The summed E-state index contributed by atoms with van der Waals surface area (Å²) < 4.78 is 16.8. The van der Waals surface area contributed by atoms with E-state index < -0.39 is 6.10 Å². The summed E-state index contributed by atoms with van der Waals surface area (Å²) >= 11 is 0.